The third-order valence-electron chi connectivity index (χ3n) is 3.65. The molecule has 0 unspecified atom stereocenters. The summed E-state index contributed by atoms with van der Waals surface area (Å²) >= 11 is 0. The van der Waals surface area contributed by atoms with E-state index in [0.717, 1.165) is 16.7 Å². The molecule has 1 heterocycles. The Balaban J connectivity index is 2.09. The summed E-state index contributed by atoms with van der Waals surface area (Å²) in [4.78, 5) is 4.10. The Morgan fingerprint density at radius 1 is 1.14 bits per heavy atom. The molecule has 1 aliphatic heterocycles. The number of hydrogen-bond donors (Lipinski definition) is 0. The normalized spacial score (nSPS) is 13.5. The van der Waals surface area contributed by atoms with Crippen LogP contribution >= 0.6 is 0 Å². The topological polar surface area (TPSA) is 21.6 Å². The molecule has 0 atom stereocenters. The van der Waals surface area contributed by atoms with Crippen molar-refractivity contribution in [2.24, 2.45) is 4.99 Å². The van der Waals surface area contributed by atoms with E-state index in [1.165, 1.54) is 12.1 Å². The van der Waals surface area contributed by atoms with Crippen LogP contribution in [0.15, 0.2) is 41.4 Å². The SMILES string of the molecule is COCc1ccc(-c2cc(C(F)(F)F)cc3c2C=NC3)cc1. The van der Waals surface area contributed by atoms with Crippen LogP contribution in [0.5, 0.6) is 0 Å². The minimum Gasteiger partial charge on any atom is -0.380 e. The minimum atomic E-state index is -4.36. The Morgan fingerprint density at radius 2 is 1.86 bits per heavy atom. The summed E-state index contributed by atoms with van der Waals surface area (Å²) in [7, 11) is 1.60. The second-order valence-electron chi connectivity index (χ2n) is 5.19. The minimum absolute atomic E-state index is 0.300. The highest BCUT2D eigenvalue weighted by Crippen LogP contribution is 2.37. The molecule has 0 N–H and O–H groups in total. The zero-order valence-corrected chi connectivity index (χ0v) is 11.9. The molecule has 5 heteroatoms. The van der Waals surface area contributed by atoms with E-state index in [9.17, 15) is 13.2 Å². The lowest BCUT2D eigenvalue weighted by Crippen LogP contribution is -2.07. The molecule has 2 aromatic carbocycles. The van der Waals surface area contributed by atoms with Crippen LogP contribution in [0.4, 0.5) is 13.2 Å². The van der Waals surface area contributed by atoms with E-state index in [4.69, 9.17) is 4.74 Å². The van der Waals surface area contributed by atoms with Crippen molar-refractivity contribution in [2.45, 2.75) is 19.3 Å². The number of hydrogen-bond acceptors (Lipinski definition) is 2. The predicted octanol–water partition coefficient (Wildman–Crippen LogP) is 4.45. The molecule has 0 saturated carbocycles. The fourth-order valence-electron chi connectivity index (χ4n) is 2.58. The highest BCUT2D eigenvalue weighted by molar-refractivity contribution is 5.94. The molecule has 0 bridgehead atoms. The number of rotatable bonds is 3. The Morgan fingerprint density at radius 3 is 2.50 bits per heavy atom. The van der Waals surface area contributed by atoms with E-state index < -0.39 is 11.7 Å². The third-order valence-corrected chi connectivity index (χ3v) is 3.65. The summed E-state index contributed by atoms with van der Waals surface area (Å²) in [6.45, 7) is 0.774. The number of benzene rings is 2. The maximum Gasteiger partial charge on any atom is 0.416 e. The van der Waals surface area contributed by atoms with Gasteiger partial charge in [-0.25, -0.2) is 0 Å². The first kappa shape index (κ1) is 14.8. The predicted molar refractivity (Wildman–Crippen MR) is 78.9 cm³/mol. The van der Waals surface area contributed by atoms with Crippen LogP contribution in [-0.4, -0.2) is 13.3 Å². The van der Waals surface area contributed by atoms with Crippen molar-refractivity contribution in [1.29, 1.82) is 0 Å². The van der Waals surface area contributed by atoms with Gasteiger partial charge in [-0.2, -0.15) is 13.2 Å². The number of nitrogens with zero attached hydrogens (tertiary/aromatic N) is 1. The summed E-state index contributed by atoms with van der Waals surface area (Å²) < 4.78 is 44.2. The number of aliphatic imine (C=N–C) groups is 1. The van der Waals surface area contributed by atoms with Crippen LogP contribution in [0.3, 0.4) is 0 Å². The van der Waals surface area contributed by atoms with Gasteiger partial charge in [-0.05, 0) is 34.4 Å². The zero-order chi connectivity index (χ0) is 15.7. The Labute approximate surface area is 126 Å². The molecule has 0 aliphatic carbocycles. The molecule has 0 saturated heterocycles. The first-order valence-electron chi connectivity index (χ1n) is 6.81. The summed E-state index contributed by atoms with van der Waals surface area (Å²) in [6, 6.07) is 9.73. The summed E-state index contributed by atoms with van der Waals surface area (Å²) in [6.07, 6.45) is -2.71. The number of fused-ring (bicyclic) bond motifs is 1. The molecule has 0 spiro atoms. The molecule has 0 radical (unpaired) electrons. The van der Waals surface area contributed by atoms with Crippen LogP contribution in [0.1, 0.15) is 22.3 Å². The average Bonchev–Trinajstić information content (AvgIpc) is 2.95. The number of halogens is 3. The van der Waals surface area contributed by atoms with Crippen LogP contribution in [-0.2, 0) is 24.1 Å². The molecule has 114 valence electrons. The van der Waals surface area contributed by atoms with Gasteiger partial charge in [0, 0.05) is 18.9 Å². The fraction of sp³-hybridized carbons (Fsp3) is 0.235. The van der Waals surface area contributed by atoms with Gasteiger partial charge in [-0.3, -0.25) is 4.99 Å². The van der Waals surface area contributed by atoms with E-state index in [1.807, 2.05) is 24.3 Å². The van der Waals surface area contributed by atoms with Crippen molar-refractivity contribution in [3.05, 3.63) is 58.7 Å². The fourth-order valence-corrected chi connectivity index (χ4v) is 2.58. The maximum absolute atomic E-state index is 13.1. The van der Waals surface area contributed by atoms with Crippen molar-refractivity contribution < 1.29 is 17.9 Å². The summed E-state index contributed by atoms with van der Waals surface area (Å²) in [5.41, 5.74) is 3.04. The van der Waals surface area contributed by atoms with Crippen LogP contribution in [0.25, 0.3) is 11.1 Å². The lowest BCUT2D eigenvalue weighted by molar-refractivity contribution is -0.137. The Kier molecular flexibility index (Phi) is 3.74. The van der Waals surface area contributed by atoms with Gasteiger partial charge < -0.3 is 4.74 Å². The summed E-state index contributed by atoms with van der Waals surface area (Å²) in [5, 5.41) is 0. The molecule has 0 aromatic heterocycles. The van der Waals surface area contributed by atoms with Gasteiger partial charge in [-0.1, -0.05) is 24.3 Å². The highest BCUT2D eigenvalue weighted by atomic mass is 19.4. The first-order chi connectivity index (χ1) is 10.5. The molecule has 2 nitrogen and oxygen atoms in total. The highest BCUT2D eigenvalue weighted by Gasteiger charge is 2.32. The summed E-state index contributed by atoms with van der Waals surface area (Å²) in [5.74, 6) is 0. The lowest BCUT2D eigenvalue weighted by atomic mass is 9.93. The molecule has 0 amide bonds. The van der Waals surface area contributed by atoms with Crippen molar-refractivity contribution in [1.82, 2.24) is 0 Å². The third kappa shape index (κ3) is 2.76. The van der Waals surface area contributed by atoms with Crippen molar-refractivity contribution in [3.8, 4) is 11.1 Å². The van der Waals surface area contributed by atoms with Gasteiger partial charge in [0.1, 0.15) is 0 Å². The maximum atomic E-state index is 13.1. The van der Waals surface area contributed by atoms with Gasteiger partial charge in [-0.15, -0.1) is 0 Å². The Hall–Kier alpha value is -2.14. The molecular formula is C17H14F3NO. The van der Waals surface area contributed by atoms with Crippen molar-refractivity contribution in [2.75, 3.05) is 7.11 Å². The molecular weight excluding hydrogens is 291 g/mol. The van der Waals surface area contributed by atoms with E-state index in [0.29, 0.717) is 24.3 Å². The monoisotopic (exact) mass is 305 g/mol. The molecule has 1 aliphatic rings. The standard InChI is InChI=1S/C17H14F3NO/c1-22-10-11-2-4-12(5-3-11)15-7-14(17(18,19)20)6-13-8-21-9-16(13)15/h2-7,9H,8,10H2,1H3. The van der Waals surface area contributed by atoms with E-state index in [2.05, 4.69) is 4.99 Å². The van der Waals surface area contributed by atoms with E-state index in [1.54, 1.807) is 13.3 Å². The largest absolute Gasteiger partial charge is 0.416 e. The van der Waals surface area contributed by atoms with Crippen molar-refractivity contribution in [3.63, 3.8) is 0 Å². The average molecular weight is 305 g/mol. The van der Waals surface area contributed by atoms with Crippen LogP contribution < -0.4 is 0 Å². The molecule has 3 rings (SSSR count). The van der Waals surface area contributed by atoms with E-state index in [-0.39, 0.29) is 0 Å². The van der Waals surface area contributed by atoms with Crippen LogP contribution in [0.2, 0.25) is 0 Å². The first-order valence-corrected chi connectivity index (χ1v) is 6.81. The molecule has 22 heavy (non-hydrogen) atoms. The second-order valence-corrected chi connectivity index (χ2v) is 5.19. The van der Waals surface area contributed by atoms with Crippen molar-refractivity contribution >= 4 is 6.21 Å². The van der Waals surface area contributed by atoms with Gasteiger partial charge in [0.15, 0.2) is 0 Å². The second kappa shape index (κ2) is 5.57. The van der Waals surface area contributed by atoms with Gasteiger partial charge in [0.2, 0.25) is 0 Å². The van der Waals surface area contributed by atoms with E-state index >= 15 is 0 Å². The number of ether oxygens (including phenoxy) is 1. The number of alkyl halides is 3. The van der Waals surface area contributed by atoms with Gasteiger partial charge in [0.25, 0.3) is 0 Å². The zero-order valence-electron chi connectivity index (χ0n) is 11.9. The molecule has 0 fully saturated rings. The number of methoxy groups -OCH3 is 1. The van der Waals surface area contributed by atoms with Gasteiger partial charge in [0.05, 0.1) is 18.7 Å². The Bertz CT molecular complexity index is 718. The van der Waals surface area contributed by atoms with Crippen LogP contribution in [0, 0.1) is 0 Å². The van der Waals surface area contributed by atoms with Gasteiger partial charge >= 0.3 is 6.18 Å². The molecule has 2 aromatic rings. The smallest absolute Gasteiger partial charge is 0.380 e. The lowest BCUT2D eigenvalue weighted by Gasteiger charge is -2.13. The quantitative estimate of drug-likeness (QED) is 0.821.